The van der Waals surface area contributed by atoms with Crippen molar-refractivity contribution in [2.45, 2.75) is 37.5 Å². The van der Waals surface area contributed by atoms with Crippen LogP contribution in [0.25, 0.3) is 22.3 Å². The quantitative estimate of drug-likeness (QED) is 0.0914. The largest absolute Gasteiger partial charge is 0.384 e. The van der Waals surface area contributed by atoms with Crippen molar-refractivity contribution in [1.29, 1.82) is 0 Å². The van der Waals surface area contributed by atoms with Crippen molar-refractivity contribution in [2.75, 3.05) is 74.9 Å². The number of imide groups is 4. The SMILES string of the molecule is COCC1c2cc(NC(=O)CCN3C(=O)C=CC3=O)ccc2-c2c(NC(=O)CCN3C(=O)C=CC3=O)cccc21.COCC1c2cccc(NC(=O)CCN3C(=O)C=CC3=O)c2-c2c(NC(=O)CCN3C(=O)C=CC3=O)cccc21. The lowest BCUT2D eigenvalue weighted by atomic mass is 9.97. The second kappa shape index (κ2) is 23.8. The highest BCUT2D eigenvalue weighted by Crippen LogP contribution is 2.52. The summed E-state index contributed by atoms with van der Waals surface area (Å²) in [6.07, 6.45) is 9.14. The topological polar surface area (TPSA) is 284 Å². The molecule has 1 unspecified atom stereocenters. The number of methoxy groups -OCH3 is 2. The third kappa shape index (κ3) is 11.6. The average molecular weight is 1090 g/mol. The summed E-state index contributed by atoms with van der Waals surface area (Å²) in [4.78, 5) is 149. The highest BCUT2D eigenvalue weighted by molar-refractivity contribution is 6.15. The molecule has 80 heavy (non-hydrogen) atoms. The van der Waals surface area contributed by atoms with Crippen molar-refractivity contribution >= 4 is 93.6 Å². The van der Waals surface area contributed by atoms with Crippen LogP contribution >= 0.6 is 0 Å². The molecule has 6 aliphatic rings. The molecule has 4 aromatic carbocycles. The van der Waals surface area contributed by atoms with E-state index < -0.39 is 47.3 Å². The first-order valence-electron chi connectivity index (χ1n) is 25.4. The number of benzene rings is 4. The van der Waals surface area contributed by atoms with Gasteiger partial charge in [0.2, 0.25) is 23.6 Å². The number of nitrogens with zero attached hydrogens (tertiary/aromatic N) is 4. The lowest BCUT2D eigenvalue weighted by Gasteiger charge is -2.17. The lowest BCUT2D eigenvalue weighted by molar-refractivity contribution is -0.138. The predicted octanol–water partition coefficient (Wildman–Crippen LogP) is 3.91. The molecule has 4 heterocycles. The summed E-state index contributed by atoms with van der Waals surface area (Å²) in [5, 5.41) is 11.5. The van der Waals surface area contributed by atoms with Crippen LogP contribution in [0.2, 0.25) is 0 Å². The second-order valence-corrected chi connectivity index (χ2v) is 19.0. The Labute approximate surface area is 457 Å². The van der Waals surface area contributed by atoms with Crippen LogP contribution in [-0.4, -0.2) is 144 Å². The molecule has 0 saturated heterocycles. The fraction of sp³-hybridized carbons (Fsp3) is 0.241. The van der Waals surface area contributed by atoms with E-state index in [0.717, 1.165) is 64.1 Å². The minimum atomic E-state index is -0.454. The Kier molecular flexibility index (Phi) is 16.4. The van der Waals surface area contributed by atoms with E-state index in [-0.39, 0.29) is 87.3 Å². The van der Waals surface area contributed by atoms with Crippen LogP contribution in [0.1, 0.15) is 59.8 Å². The van der Waals surface area contributed by atoms with E-state index >= 15 is 0 Å². The summed E-state index contributed by atoms with van der Waals surface area (Å²) >= 11 is 0. The molecule has 0 aromatic heterocycles. The number of carbonyl (C=O) groups excluding carboxylic acids is 12. The van der Waals surface area contributed by atoms with Gasteiger partial charge in [-0.1, -0.05) is 42.5 Å². The normalized spacial score (nSPS) is 16.4. The molecule has 0 fully saturated rings. The van der Waals surface area contributed by atoms with Crippen LogP contribution in [0.3, 0.4) is 0 Å². The van der Waals surface area contributed by atoms with Gasteiger partial charge in [0.05, 0.1) is 13.2 Å². The molecule has 10 rings (SSSR count). The minimum absolute atomic E-state index is 0.0150. The van der Waals surface area contributed by atoms with E-state index in [4.69, 9.17) is 9.47 Å². The molecular weight excluding hydrogens is 1030 g/mol. The number of hydrogen-bond donors (Lipinski definition) is 4. The van der Waals surface area contributed by atoms with Gasteiger partial charge >= 0.3 is 0 Å². The van der Waals surface area contributed by atoms with E-state index in [2.05, 4.69) is 21.3 Å². The number of ether oxygens (including phenoxy) is 2. The Bertz CT molecular complexity index is 3280. The molecule has 1 atom stereocenters. The van der Waals surface area contributed by atoms with Crippen molar-refractivity contribution in [3.05, 3.63) is 144 Å². The molecule has 12 amide bonds. The van der Waals surface area contributed by atoms with E-state index in [1.165, 1.54) is 48.6 Å². The summed E-state index contributed by atoms with van der Waals surface area (Å²) in [5.74, 6) is -5.32. The van der Waals surface area contributed by atoms with Gasteiger partial charge in [-0.05, 0) is 58.1 Å². The van der Waals surface area contributed by atoms with Crippen molar-refractivity contribution in [1.82, 2.24) is 19.6 Å². The fourth-order valence-corrected chi connectivity index (χ4v) is 10.3. The van der Waals surface area contributed by atoms with Crippen LogP contribution in [0.5, 0.6) is 0 Å². The van der Waals surface area contributed by atoms with Crippen molar-refractivity contribution in [3.63, 3.8) is 0 Å². The van der Waals surface area contributed by atoms with Gasteiger partial charge in [-0.25, -0.2) is 0 Å². The van der Waals surface area contributed by atoms with E-state index in [9.17, 15) is 57.5 Å². The molecule has 4 aromatic rings. The zero-order valence-corrected chi connectivity index (χ0v) is 43.3. The first-order chi connectivity index (χ1) is 38.5. The third-order valence-corrected chi connectivity index (χ3v) is 14.0. The Balaban J connectivity index is 0.000000194. The first-order valence-corrected chi connectivity index (χ1v) is 25.4. The van der Waals surface area contributed by atoms with Gasteiger partial charge in [0, 0.05) is 166 Å². The zero-order chi connectivity index (χ0) is 56.8. The van der Waals surface area contributed by atoms with Crippen LogP contribution < -0.4 is 21.3 Å². The zero-order valence-electron chi connectivity index (χ0n) is 43.3. The molecule has 0 saturated carbocycles. The maximum atomic E-state index is 12.9. The number of nitrogens with one attached hydrogen (secondary N) is 4. The summed E-state index contributed by atoms with van der Waals surface area (Å²) in [5.41, 5.74) is 9.00. The summed E-state index contributed by atoms with van der Waals surface area (Å²) in [6, 6.07) is 22.0. The van der Waals surface area contributed by atoms with Gasteiger partial charge in [-0.2, -0.15) is 0 Å². The van der Waals surface area contributed by atoms with Crippen molar-refractivity contribution in [2.24, 2.45) is 0 Å². The Hall–Kier alpha value is -9.80. The summed E-state index contributed by atoms with van der Waals surface area (Å²) in [7, 11) is 3.20. The van der Waals surface area contributed by atoms with Gasteiger partial charge in [0.15, 0.2) is 0 Å². The Morgan fingerprint density at radius 3 is 1.02 bits per heavy atom. The highest BCUT2D eigenvalue weighted by Gasteiger charge is 2.35. The van der Waals surface area contributed by atoms with Gasteiger partial charge in [0.1, 0.15) is 0 Å². The number of hydrogen-bond acceptors (Lipinski definition) is 14. The van der Waals surface area contributed by atoms with Crippen LogP contribution in [0.15, 0.2) is 121 Å². The van der Waals surface area contributed by atoms with E-state index in [1.807, 2.05) is 48.5 Å². The van der Waals surface area contributed by atoms with Crippen molar-refractivity contribution in [3.8, 4) is 22.3 Å². The highest BCUT2D eigenvalue weighted by atomic mass is 16.5. The van der Waals surface area contributed by atoms with Crippen LogP contribution in [-0.2, 0) is 67.0 Å². The monoisotopic (exact) mass is 1080 g/mol. The molecule has 4 aliphatic heterocycles. The molecule has 22 nitrogen and oxygen atoms in total. The minimum Gasteiger partial charge on any atom is -0.384 e. The van der Waals surface area contributed by atoms with E-state index in [1.54, 1.807) is 38.5 Å². The standard InChI is InChI=1S/2C29H26N4O7/c1-40-16-19-17-4-2-6-20(30-22(34)12-14-32-24(36)8-9-25(32)37)28(17)29-18(19)5-3-7-21(29)31-23(35)13-15-33-26(38)10-11-27(33)39;1-40-16-21-18-3-2-4-22(31-24(35)12-14-33-27(38)9-10-28(33)39)29(18)19-6-5-17(15-20(19)21)30-23(34)11-13-32-25(36)7-8-26(32)37/h2-11,19H,12-16H2,1H3,(H,30,34)(H,31,35);2-10,15,21H,11-14,16H2,1H3,(H,30,34)(H,31,35). The van der Waals surface area contributed by atoms with Crippen LogP contribution in [0.4, 0.5) is 22.7 Å². The van der Waals surface area contributed by atoms with E-state index in [0.29, 0.717) is 36.0 Å². The van der Waals surface area contributed by atoms with Gasteiger partial charge in [-0.3, -0.25) is 77.1 Å². The fourth-order valence-electron chi connectivity index (χ4n) is 10.3. The Morgan fingerprint density at radius 2 is 0.688 bits per heavy atom. The average Bonchev–Trinajstić information content (AvgIpc) is 4.31. The maximum absolute atomic E-state index is 12.9. The van der Waals surface area contributed by atoms with Gasteiger partial charge in [0.25, 0.3) is 47.3 Å². The number of fused-ring (bicyclic) bond motifs is 6. The molecular formula is C58H52N8O14. The predicted molar refractivity (Wildman–Crippen MR) is 288 cm³/mol. The third-order valence-electron chi connectivity index (χ3n) is 14.0. The molecule has 4 N–H and O–H groups in total. The molecule has 0 spiro atoms. The molecule has 0 bridgehead atoms. The number of rotatable bonds is 20. The van der Waals surface area contributed by atoms with Gasteiger partial charge in [-0.15, -0.1) is 0 Å². The number of carbonyl (C=O) groups is 12. The van der Waals surface area contributed by atoms with Gasteiger partial charge < -0.3 is 30.7 Å². The summed E-state index contributed by atoms with van der Waals surface area (Å²) in [6.45, 7) is 0.605. The second-order valence-electron chi connectivity index (χ2n) is 19.0. The molecule has 2 aliphatic carbocycles. The number of amides is 12. The smallest absolute Gasteiger partial charge is 0.253 e. The molecule has 408 valence electrons. The maximum Gasteiger partial charge on any atom is 0.253 e. The first kappa shape index (κ1) is 55.0. The number of anilines is 4. The molecule has 0 radical (unpaired) electrons. The molecule has 22 heteroatoms. The van der Waals surface area contributed by atoms with Crippen LogP contribution in [0, 0.1) is 0 Å². The Morgan fingerprint density at radius 1 is 0.388 bits per heavy atom. The summed E-state index contributed by atoms with van der Waals surface area (Å²) < 4.78 is 11.0. The lowest BCUT2D eigenvalue weighted by Crippen LogP contribution is -2.33. The van der Waals surface area contributed by atoms with Crippen molar-refractivity contribution < 1.29 is 67.0 Å².